The standard InChI is InChI=1S/C21H22N2O2/c1-2-25-20-12-6-9-17(21(20)24)15-22-13-14-23-19-11-5-8-16-7-3-4-10-18(16)19/h3-12,15,23-24H,2,13-14H2,1H3. The van der Waals surface area contributed by atoms with Gasteiger partial charge in [-0.3, -0.25) is 4.99 Å². The molecule has 0 aliphatic carbocycles. The minimum absolute atomic E-state index is 0.134. The summed E-state index contributed by atoms with van der Waals surface area (Å²) in [6.45, 7) is 3.74. The first kappa shape index (κ1) is 16.8. The van der Waals surface area contributed by atoms with E-state index in [0.29, 0.717) is 24.5 Å². The Hall–Kier alpha value is -3.01. The summed E-state index contributed by atoms with van der Waals surface area (Å²) in [5.74, 6) is 0.621. The number of benzene rings is 3. The fourth-order valence-electron chi connectivity index (χ4n) is 2.71. The van der Waals surface area contributed by atoms with Crippen molar-refractivity contribution in [3.63, 3.8) is 0 Å². The second-order valence-electron chi connectivity index (χ2n) is 5.62. The van der Waals surface area contributed by atoms with Crippen molar-refractivity contribution in [3.05, 3.63) is 66.2 Å². The fraction of sp³-hybridized carbons (Fsp3) is 0.190. The van der Waals surface area contributed by atoms with E-state index in [9.17, 15) is 5.11 Å². The van der Waals surface area contributed by atoms with E-state index in [1.54, 1.807) is 12.3 Å². The SMILES string of the molecule is CCOc1cccc(C=NCCNc2cccc3ccccc23)c1O. The number of rotatable bonds is 7. The Kier molecular flexibility index (Phi) is 5.52. The lowest BCUT2D eigenvalue weighted by atomic mass is 10.1. The molecule has 0 unspecified atom stereocenters. The van der Waals surface area contributed by atoms with Crippen LogP contribution in [0, 0.1) is 0 Å². The minimum atomic E-state index is 0.134. The largest absolute Gasteiger partial charge is 0.504 e. The van der Waals surface area contributed by atoms with Crippen LogP contribution in [0.5, 0.6) is 11.5 Å². The van der Waals surface area contributed by atoms with Gasteiger partial charge in [0, 0.05) is 29.4 Å². The molecule has 2 N–H and O–H groups in total. The molecular weight excluding hydrogens is 312 g/mol. The van der Waals surface area contributed by atoms with Gasteiger partial charge in [-0.05, 0) is 30.5 Å². The molecule has 4 heteroatoms. The Labute approximate surface area is 147 Å². The lowest BCUT2D eigenvalue weighted by Crippen LogP contribution is -2.05. The molecule has 0 heterocycles. The second-order valence-corrected chi connectivity index (χ2v) is 5.62. The summed E-state index contributed by atoms with van der Waals surface area (Å²) in [6.07, 6.45) is 1.68. The Bertz CT molecular complexity index is 869. The van der Waals surface area contributed by atoms with E-state index in [1.165, 1.54) is 10.8 Å². The number of phenols is 1. The first-order valence-electron chi connectivity index (χ1n) is 8.46. The van der Waals surface area contributed by atoms with Gasteiger partial charge in [-0.25, -0.2) is 0 Å². The van der Waals surface area contributed by atoms with Crippen LogP contribution >= 0.6 is 0 Å². The highest BCUT2D eigenvalue weighted by molar-refractivity contribution is 5.93. The number of ether oxygens (including phenoxy) is 1. The Morgan fingerprint density at radius 2 is 1.84 bits per heavy atom. The molecule has 0 amide bonds. The number of hydrogen-bond donors (Lipinski definition) is 2. The summed E-state index contributed by atoms with van der Waals surface area (Å²) < 4.78 is 5.38. The van der Waals surface area contributed by atoms with Crippen LogP contribution in [-0.4, -0.2) is 31.0 Å². The van der Waals surface area contributed by atoms with Crippen LogP contribution < -0.4 is 10.1 Å². The number of para-hydroxylation sites is 1. The number of hydrogen-bond acceptors (Lipinski definition) is 4. The maximum absolute atomic E-state index is 10.1. The molecule has 0 aliphatic rings. The average molecular weight is 334 g/mol. The quantitative estimate of drug-likeness (QED) is 0.495. The predicted molar refractivity (Wildman–Crippen MR) is 104 cm³/mol. The van der Waals surface area contributed by atoms with Gasteiger partial charge >= 0.3 is 0 Å². The summed E-state index contributed by atoms with van der Waals surface area (Å²) in [4.78, 5) is 4.40. The average Bonchev–Trinajstić information content (AvgIpc) is 2.64. The molecule has 0 radical (unpaired) electrons. The highest BCUT2D eigenvalue weighted by Gasteiger charge is 2.05. The first-order valence-corrected chi connectivity index (χ1v) is 8.46. The minimum Gasteiger partial charge on any atom is -0.504 e. The summed E-state index contributed by atoms with van der Waals surface area (Å²) in [5, 5.41) is 16.0. The van der Waals surface area contributed by atoms with Crippen molar-refractivity contribution in [3.8, 4) is 11.5 Å². The smallest absolute Gasteiger partial charge is 0.166 e. The zero-order valence-electron chi connectivity index (χ0n) is 14.3. The van der Waals surface area contributed by atoms with Gasteiger partial charge < -0.3 is 15.2 Å². The summed E-state index contributed by atoms with van der Waals surface area (Å²) in [6, 6.07) is 19.9. The summed E-state index contributed by atoms with van der Waals surface area (Å²) in [5.41, 5.74) is 1.77. The number of fused-ring (bicyclic) bond motifs is 1. The Morgan fingerprint density at radius 3 is 2.72 bits per heavy atom. The molecule has 0 saturated heterocycles. The zero-order valence-corrected chi connectivity index (χ0v) is 14.3. The van der Waals surface area contributed by atoms with Crippen LogP contribution in [0.1, 0.15) is 12.5 Å². The lowest BCUT2D eigenvalue weighted by Gasteiger charge is -2.09. The van der Waals surface area contributed by atoms with Crippen molar-refractivity contribution in [1.82, 2.24) is 0 Å². The van der Waals surface area contributed by atoms with Crippen molar-refractivity contribution in [2.45, 2.75) is 6.92 Å². The normalized spacial score (nSPS) is 11.1. The molecule has 0 saturated carbocycles. The Balaban J connectivity index is 1.60. The molecule has 3 aromatic rings. The van der Waals surface area contributed by atoms with Crippen molar-refractivity contribution >= 4 is 22.7 Å². The molecule has 4 nitrogen and oxygen atoms in total. The van der Waals surface area contributed by atoms with E-state index in [-0.39, 0.29) is 5.75 Å². The van der Waals surface area contributed by atoms with E-state index in [4.69, 9.17) is 4.74 Å². The van der Waals surface area contributed by atoms with E-state index < -0.39 is 0 Å². The third-order valence-electron chi connectivity index (χ3n) is 3.91. The van der Waals surface area contributed by atoms with Crippen LogP contribution in [0.4, 0.5) is 5.69 Å². The van der Waals surface area contributed by atoms with Crippen LogP contribution in [0.25, 0.3) is 10.8 Å². The molecule has 0 fully saturated rings. The van der Waals surface area contributed by atoms with Crippen molar-refractivity contribution in [2.75, 3.05) is 25.0 Å². The van der Waals surface area contributed by atoms with Crippen LogP contribution in [0.3, 0.4) is 0 Å². The highest BCUT2D eigenvalue weighted by atomic mass is 16.5. The number of aliphatic imine (C=N–C) groups is 1. The number of phenolic OH excluding ortho intramolecular Hbond substituents is 1. The number of anilines is 1. The number of nitrogens with one attached hydrogen (secondary N) is 1. The zero-order chi connectivity index (χ0) is 17.5. The van der Waals surface area contributed by atoms with Gasteiger partial charge in [-0.2, -0.15) is 0 Å². The number of nitrogens with zero attached hydrogens (tertiary/aromatic N) is 1. The number of aromatic hydroxyl groups is 1. The van der Waals surface area contributed by atoms with E-state index in [0.717, 1.165) is 12.2 Å². The summed E-state index contributed by atoms with van der Waals surface area (Å²) >= 11 is 0. The third-order valence-corrected chi connectivity index (χ3v) is 3.91. The van der Waals surface area contributed by atoms with Gasteiger partial charge in [0.1, 0.15) is 0 Å². The van der Waals surface area contributed by atoms with Gasteiger partial charge in [0.05, 0.1) is 13.2 Å². The van der Waals surface area contributed by atoms with Crippen LogP contribution in [0.15, 0.2) is 65.7 Å². The summed E-state index contributed by atoms with van der Waals surface area (Å²) in [7, 11) is 0. The van der Waals surface area contributed by atoms with Gasteiger partial charge in [-0.1, -0.05) is 42.5 Å². The molecule has 0 aliphatic heterocycles. The first-order chi connectivity index (χ1) is 12.3. The maximum atomic E-state index is 10.1. The monoisotopic (exact) mass is 334 g/mol. The van der Waals surface area contributed by atoms with Crippen LogP contribution in [0.2, 0.25) is 0 Å². The molecule has 25 heavy (non-hydrogen) atoms. The van der Waals surface area contributed by atoms with E-state index >= 15 is 0 Å². The van der Waals surface area contributed by atoms with Gasteiger partial charge in [-0.15, -0.1) is 0 Å². The molecule has 128 valence electrons. The molecule has 0 atom stereocenters. The van der Waals surface area contributed by atoms with Crippen molar-refractivity contribution in [1.29, 1.82) is 0 Å². The second kappa shape index (κ2) is 8.20. The van der Waals surface area contributed by atoms with E-state index in [2.05, 4.69) is 34.6 Å². The molecule has 0 bridgehead atoms. The van der Waals surface area contributed by atoms with Gasteiger partial charge in [0.15, 0.2) is 11.5 Å². The van der Waals surface area contributed by atoms with E-state index in [1.807, 2.05) is 37.3 Å². The highest BCUT2D eigenvalue weighted by Crippen LogP contribution is 2.28. The third kappa shape index (κ3) is 4.10. The fourth-order valence-corrected chi connectivity index (χ4v) is 2.71. The molecule has 0 spiro atoms. The Morgan fingerprint density at radius 1 is 1.04 bits per heavy atom. The van der Waals surface area contributed by atoms with Crippen molar-refractivity contribution in [2.24, 2.45) is 4.99 Å². The van der Waals surface area contributed by atoms with Gasteiger partial charge in [0.25, 0.3) is 0 Å². The predicted octanol–water partition coefficient (Wildman–Crippen LogP) is 4.48. The topological polar surface area (TPSA) is 53.8 Å². The maximum Gasteiger partial charge on any atom is 0.166 e. The molecule has 3 rings (SSSR count). The van der Waals surface area contributed by atoms with Crippen LogP contribution in [-0.2, 0) is 0 Å². The lowest BCUT2D eigenvalue weighted by molar-refractivity contribution is 0.318. The molecule has 3 aromatic carbocycles. The van der Waals surface area contributed by atoms with Crippen molar-refractivity contribution < 1.29 is 9.84 Å². The molecular formula is C21H22N2O2. The van der Waals surface area contributed by atoms with Gasteiger partial charge in [0.2, 0.25) is 0 Å². The molecule has 0 aromatic heterocycles.